The van der Waals surface area contributed by atoms with Crippen LogP contribution in [0.2, 0.25) is 10.0 Å². The molecular weight excluding hydrogens is 699 g/mol. The van der Waals surface area contributed by atoms with Crippen molar-refractivity contribution in [3.63, 3.8) is 0 Å². The Morgan fingerprint density at radius 2 is 1.73 bits per heavy atom. The first-order valence-electron chi connectivity index (χ1n) is 16.4. The number of hydrogen-bond acceptors (Lipinski definition) is 10. The van der Waals surface area contributed by atoms with Crippen LogP contribution in [-0.2, 0) is 17.7 Å². The van der Waals surface area contributed by atoms with E-state index in [4.69, 9.17) is 42.1 Å². The number of aromatic carboxylic acids is 1. The molecule has 3 aliphatic heterocycles. The molecule has 7 rings (SSSR count). The average molecular weight is 738 g/mol. The number of nitrogens with zero attached hydrogens (tertiary/aromatic N) is 4. The van der Waals surface area contributed by atoms with Crippen molar-refractivity contribution in [3.05, 3.63) is 105 Å². The quantitative estimate of drug-likeness (QED) is 0.158. The molecule has 0 saturated carbocycles. The second kappa shape index (κ2) is 15.6. The minimum absolute atomic E-state index is 0.0190. The SMILES string of the molecule is COc1cncc(N(Cc2ccc(C(=O)[O-])c([C@@H](Cc3c(Cl)c[n+](O)cc3Cl)c3ccc(OC)c(OC)c3)c2)C(=O)O[C@H]2CN3CCC2CC3)c1. The molecular formula is C37H38Cl2N4O8. The van der Waals surface area contributed by atoms with Crippen molar-refractivity contribution in [2.24, 2.45) is 5.92 Å². The van der Waals surface area contributed by atoms with E-state index in [0.717, 1.165) is 30.7 Å². The molecule has 2 bridgehead atoms. The Morgan fingerprint density at radius 1 is 1.00 bits per heavy atom. The molecule has 12 nitrogen and oxygen atoms in total. The third kappa shape index (κ3) is 7.93. The number of carbonyl (C=O) groups is 2. The summed E-state index contributed by atoms with van der Waals surface area (Å²) in [7, 11) is 4.54. The Kier molecular flexibility index (Phi) is 11.0. The summed E-state index contributed by atoms with van der Waals surface area (Å²) in [4.78, 5) is 34.7. The van der Waals surface area contributed by atoms with Crippen LogP contribution in [0.15, 0.2) is 67.3 Å². The van der Waals surface area contributed by atoms with E-state index >= 15 is 0 Å². The number of carboxylic acids is 1. The first kappa shape index (κ1) is 36.0. The number of amides is 1. The molecule has 3 saturated heterocycles. The molecule has 14 heteroatoms. The van der Waals surface area contributed by atoms with E-state index < -0.39 is 18.0 Å². The fraction of sp³-hybridized carbons (Fsp3) is 0.351. The highest BCUT2D eigenvalue weighted by atomic mass is 35.5. The van der Waals surface area contributed by atoms with Crippen LogP contribution in [0.4, 0.5) is 10.5 Å². The molecule has 1 N–H and O–H groups in total. The van der Waals surface area contributed by atoms with E-state index in [-0.39, 0.29) is 40.6 Å². The molecule has 0 radical (unpaired) electrons. The Bertz CT molecular complexity index is 1900. The number of ether oxygens (including phenoxy) is 4. The first-order chi connectivity index (χ1) is 24.6. The fourth-order valence-electron chi connectivity index (χ4n) is 6.95. The van der Waals surface area contributed by atoms with Crippen molar-refractivity contribution < 1.29 is 43.6 Å². The highest BCUT2D eigenvalue weighted by Crippen LogP contribution is 2.39. The van der Waals surface area contributed by atoms with E-state index in [9.17, 15) is 19.9 Å². The Balaban J connectivity index is 1.43. The highest BCUT2D eigenvalue weighted by Gasteiger charge is 2.37. The molecule has 2 aromatic heterocycles. The van der Waals surface area contributed by atoms with Gasteiger partial charge in [-0.2, -0.15) is 0 Å². The van der Waals surface area contributed by atoms with Crippen molar-refractivity contribution in [1.82, 2.24) is 9.88 Å². The maximum Gasteiger partial charge on any atom is 0.414 e. The maximum absolute atomic E-state index is 14.0. The van der Waals surface area contributed by atoms with Crippen LogP contribution in [0.1, 0.15) is 51.4 Å². The van der Waals surface area contributed by atoms with Crippen LogP contribution in [0.5, 0.6) is 17.2 Å². The first-order valence-corrected chi connectivity index (χ1v) is 17.2. The van der Waals surface area contributed by atoms with E-state index in [1.165, 1.54) is 44.7 Å². The molecule has 3 aliphatic rings. The van der Waals surface area contributed by atoms with Crippen LogP contribution >= 0.6 is 23.2 Å². The van der Waals surface area contributed by atoms with Gasteiger partial charge in [-0.1, -0.05) is 47.5 Å². The third-order valence-electron chi connectivity index (χ3n) is 9.65. The van der Waals surface area contributed by atoms with Crippen LogP contribution in [0.3, 0.4) is 0 Å². The normalized spacial score (nSPS) is 18.5. The lowest BCUT2D eigenvalue weighted by Crippen LogP contribution is -2.53. The topological polar surface area (TPSA) is 138 Å². The number of pyridine rings is 2. The maximum atomic E-state index is 14.0. The molecule has 0 aliphatic carbocycles. The molecule has 268 valence electrons. The minimum Gasteiger partial charge on any atom is -0.545 e. The molecule has 51 heavy (non-hydrogen) atoms. The predicted octanol–water partition coefficient (Wildman–Crippen LogP) is 4.91. The second-order valence-electron chi connectivity index (χ2n) is 12.6. The predicted molar refractivity (Wildman–Crippen MR) is 186 cm³/mol. The molecule has 0 spiro atoms. The van der Waals surface area contributed by atoms with Gasteiger partial charge >= 0.3 is 6.09 Å². The standard InChI is InChI=1S/C37H38Cl2N4O8/c1-48-26-14-25(16-40-17-26)43(37(46)51-35-21-41-10-8-23(35)9-11-41)18-22-4-6-27(36(44)45)29(12-22)28(15-30-31(38)19-42(47)20-32(30)39)24-5-7-33(49-2)34(13-24)50-3/h4-7,12-14,16-17,19-20,23,28,35H,8-11,15,18,21H2,1-3H3,(H-,44,45,47)/t28-,35-/m0/s1. The zero-order chi connectivity index (χ0) is 36.2. The second-order valence-corrected chi connectivity index (χ2v) is 13.4. The van der Waals surface area contributed by atoms with Crippen molar-refractivity contribution in [1.29, 1.82) is 0 Å². The van der Waals surface area contributed by atoms with Crippen LogP contribution in [-0.4, -0.2) is 74.2 Å². The molecule has 4 aromatic rings. The summed E-state index contributed by atoms with van der Waals surface area (Å²) in [6.45, 7) is 2.69. The third-order valence-corrected chi connectivity index (χ3v) is 10.3. The average Bonchev–Trinajstić information content (AvgIpc) is 3.13. The monoisotopic (exact) mass is 736 g/mol. The van der Waals surface area contributed by atoms with Gasteiger partial charge in [-0.05, 0) is 67.1 Å². The van der Waals surface area contributed by atoms with Crippen molar-refractivity contribution in [2.75, 3.05) is 45.9 Å². The smallest absolute Gasteiger partial charge is 0.414 e. The van der Waals surface area contributed by atoms with Gasteiger partial charge in [0.15, 0.2) is 11.5 Å². The summed E-state index contributed by atoms with van der Waals surface area (Å²) in [6.07, 6.45) is 6.96. The lowest BCUT2D eigenvalue weighted by atomic mass is 9.82. The van der Waals surface area contributed by atoms with E-state index in [0.29, 0.717) is 51.7 Å². The number of hydrogen-bond donors (Lipinski definition) is 1. The number of piperidine rings is 3. The van der Waals surface area contributed by atoms with Crippen molar-refractivity contribution in [2.45, 2.75) is 37.8 Å². The van der Waals surface area contributed by atoms with Crippen LogP contribution in [0, 0.1) is 5.92 Å². The van der Waals surface area contributed by atoms with Crippen LogP contribution < -0.4 is 28.9 Å². The number of anilines is 1. The van der Waals surface area contributed by atoms with Crippen LogP contribution in [0.25, 0.3) is 0 Å². The van der Waals surface area contributed by atoms with Gasteiger partial charge in [-0.25, -0.2) is 4.79 Å². The van der Waals surface area contributed by atoms with Gasteiger partial charge in [0.2, 0.25) is 12.4 Å². The van der Waals surface area contributed by atoms with E-state index in [1.807, 2.05) is 0 Å². The number of fused-ring (bicyclic) bond motifs is 3. The van der Waals surface area contributed by atoms with Crippen molar-refractivity contribution in [3.8, 4) is 17.2 Å². The summed E-state index contributed by atoms with van der Waals surface area (Å²) in [5.41, 5.74) is 2.50. The van der Waals surface area contributed by atoms with Gasteiger partial charge in [0.05, 0.1) is 51.9 Å². The minimum atomic E-state index is -1.39. The van der Waals surface area contributed by atoms with E-state index in [1.54, 1.807) is 48.8 Å². The summed E-state index contributed by atoms with van der Waals surface area (Å²) in [5.74, 6) is -0.413. The zero-order valence-electron chi connectivity index (χ0n) is 28.4. The Hall–Kier alpha value is -4.78. The van der Waals surface area contributed by atoms with Gasteiger partial charge < -0.3 is 28.8 Å². The van der Waals surface area contributed by atoms with Crippen molar-refractivity contribution >= 4 is 41.0 Å². The van der Waals surface area contributed by atoms with Gasteiger partial charge in [-0.15, -0.1) is 0 Å². The summed E-state index contributed by atoms with van der Waals surface area (Å²) >= 11 is 13.2. The largest absolute Gasteiger partial charge is 0.545 e. The Morgan fingerprint density at radius 3 is 2.35 bits per heavy atom. The summed E-state index contributed by atoms with van der Waals surface area (Å²) < 4.78 is 23.4. The highest BCUT2D eigenvalue weighted by molar-refractivity contribution is 6.35. The van der Waals surface area contributed by atoms with Gasteiger partial charge in [0, 0.05) is 34.4 Å². The summed E-state index contributed by atoms with van der Waals surface area (Å²) in [6, 6.07) is 11.8. The molecule has 1 amide bonds. The molecule has 3 fully saturated rings. The number of rotatable bonds is 12. The van der Waals surface area contributed by atoms with Gasteiger partial charge in [-0.3, -0.25) is 20.0 Å². The number of halogens is 2. The zero-order valence-corrected chi connectivity index (χ0v) is 29.9. The lowest BCUT2D eigenvalue weighted by molar-refractivity contribution is -0.904. The number of aromatic nitrogens is 2. The fourth-order valence-corrected chi connectivity index (χ4v) is 7.55. The number of methoxy groups -OCH3 is 3. The molecule has 0 unspecified atom stereocenters. The molecule has 2 atom stereocenters. The van der Waals surface area contributed by atoms with Gasteiger partial charge in [0.25, 0.3) is 0 Å². The van der Waals surface area contributed by atoms with E-state index in [2.05, 4.69) is 9.88 Å². The summed E-state index contributed by atoms with van der Waals surface area (Å²) in [5, 5.41) is 23.1. The molecule has 2 aromatic carbocycles. The van der Waals surface area contributed by atoms with Gasteiger partial charge in [0.1, 0.15) is 21.9 Å². The lowest BCUT2D eigenvalue weighted by Gasteiger charge is -2.44. The number of benzene rings is 2. The number of carboxylic acid groups (broad SMARTS) is 1. The number of carbonyl (C=O) groups excluding carboxylic acids is 2. The Labute approximate surface area is 305 Å². The molecule has 5 heterocycles.